The lowest BCUT2D eigenvalue weighted by Gasteiger charge is -2.07. The standard InChI is InChI=1S/C19H19N3O2/c20-19-21-16(12-18(23)22-19)9-6-14-7-10-17(11-8-14)24-13-15-4-2-1-3-5-15/h1-5,7-8,10-12H,6,9,13H2,(H3,20,21,22,23). The minimum Gasteiger partial charge on any atom is -0.489 e. The van der Waals surface area contributed by atoms with Gasteiger partial charge in [-0.2, -0.15) is 0 Å². The third kappa shape index (κ3) is 4.46. The second-order valence-corrected chi connectivity index (χ2v) is 5.54. The van der Waals surface area contributed by atoms with E-state index < -0.39 is 0 Å². The number of aryl methyl sites for hydroxylation is 2. The summed E-state index contributed by atoms with van der Waals surface area (Å²) in [6.45, 7) is 0.552. The van der Waals surface area contributed by atoms with E-state index in [9.17, 15) is 4.79 Å². The predicted molar refractivity (Wildman–Crippen MR) is 93.9 cm³/mol. The highest BCUT2D eigenvalue weighted by atomic mass is 16.5. The van der Waals surface area contributed by atoms with Crippen LogP contribution in [-0.4, -0.2) is 9.97 Å². The molecule has 1 heterocycles. The number of aromatic nitrogens is 2. The third-order valence-electron chi connectivity index (χ3n) is 3.65. The number of rotatable bonds is 6. The maximum Gasteiger partial charge on any atom is 0.252 e. The summed E-state index contributed by atoms with van der Waals surface area (Å²) >= 11 is 0. The monoisotopic (exact) mass is 321 g/mol. The van der Waals surface area contributed by atoms with Crippen LogP contribution in [0.1, 0.15) is 16.8 Å². The highest BCUT2D eigenvalue weighted by Gasteiger charge is 2.01. The van der Waals surface area contributed by atoms with Crippen LogP contribution in [-0.2, 0) is 19.4 Å². The summed E-state index contributed by atoms with van der Waals surface area (Å²) in [4.78, 5) is 17.9. The summed E-state index contributed by atoms with van der Waals surface area (Å²) in [5.41, 5.74) is 8.31. The van der Waals surface area contributed by atoms with Crippen molar-refractivity contribution in [1.82, 2.24) is 9.97 Å². The van der Waals surface area contributed by atoms with Gasteiger partial charge in [-0.15, -0.1) is 0 Å². The fourth-order valence-electron chi connectivity index (χ4n) is 2.42. The minimum absolute atomic E-state index is 0.155. The van der Waals surface area contributed by atoms with E-state index >= 15 is 0 Å². The van der Waals surface area contributed by atoms with Crippen LogP contribution >= 0.6 is 0 Å². The number of hydrogen-bond acceptors (Lipinski definition) is 4. The molecular formula is C19H19N3O2. The Morgan fingerprint density at radius 3 is 2.42 bits per heavy atom. The largest absolute Gasteiger partial charge is 0.489 e. The Kier molecular flexibility index (Phi) is 4.91. The number of nitrogen functional groups attached to an aromatic ring is 1. The first kappa shape index (κ1) is 15.8. The number of aromatic amines is 1. The molecular weight excluding hydrogens is 302 g/mol. The first-order valence-corrected chi connectivity index (χ1v) is 7.80. The van der Waals surface area contributed by atoms with Gasteiger partial charge in [0.15, 0.2) is 0 Å². The number of hydrogen-bond donors (Lipinski definition) is 2. The van der Waals surface area contributed by atoms with Gasteiger partial charge in [-0.05, 0) is 36.1 Å². The molecule has 0 saturated heterocycles. The van der Waals surface area contributed by atoms with Crippen LogP contribution in [0.25, 0.3) is 0 Å². The lowest BCUT2D eigenvalue weighted by molar-refractivity contribution is 0.306. The highest BCUT2D eigenvalue weighted by Crippen LogP contribution is 2.15. The smallest absolute Gasteiger partial charge is 0.252 e. The number of benzene rings is 2. The molecule has 0 spiro atoms. The van der Waals surface area contributed by atoms with E-state index in [1.807, 2.05) is 54.6 Å². The first-order valence-electron chi connectivity index (χ1n) is 7.80. The van der Waals surface area contributed by atoms with E-state index in [0.717, 1.165) is 23.3 Å². The lowest BCUT2D eigenvalue weighted by atomic mass is 10.1. The van der Waals surface area contributed by atoms with Crippen molar-refractivity contribution in [1.29, 1.82) is 0 Å². The molecule has 2 aromatic carbocycles. The molecule has 3 N–H and O–H groups in total. The van der Waals surface area contributed by atoms with E-state index in [2.05, 4.69) is 9.97 Å². The molecule has 1 aromatic heterocycles. The van der Waals surface area contributed by atoms with E-state index in [1.165, 1.54) is 6.07 Å². The molecule has 24 heavy (non-hydrogen) atoms. The zero-order chi connectivity index (χ0) is 16.8. The number of H-pyrrole nitrogens is 1. The maximum absolute atomic E-state index is 11.4. The number of nitrogens with two attached hydrogens (primary N) is 1. The molecule has 0 fully saturated rings. The topological polar surface area (TPSA) is 81.0 Å². The molecule has 122 valence electrons. The second kappa shape index (κ2) is 7.46. The van der Waals surface area contributed by atoms with Crippen molar-refractivity contribution < 1.29 is 4.74 Å². The zero-order valence-electron chi connectivity index (χ0n) is 13.2. The van der Waals surface area contributed by atoms with Gasteiger partial charge in [0.2, 0.25) is 5.95 Å². The highest BCUT2D eigenvalue weighted by molar-refractivity contribution is 5.28. The summed E-state index contributed by atoms with van der Waals surface area (Å²) in [5, 5.41) is 0. The van der Waals surface area contributed by atoms with Gasteiger partial charge in [0.05, 0.1) is 5.69 Å². The number of nitrogens with one attached hydrogen (secondary N) is 1. The van der Waals surface area contributed by atoms with Gasteiger partial charge in [-0.3, -0.25) is 9.78 Å². The van der Waals surface area contributed by atoms with E-state index in [0.29, 0.717) is 18.7 Å². The van der Waals surface area contributed by atoms with Crippen LogP contribution in [0.2, 0.25) is 0 Å². The molecule has 0 saturated carbocycles. The minimum atomic E-state index is -0.220. The molecule has 5 heteroatoms. The zero-order valence-corrected chi connectivity index (χ0v) is 13.2. The Hall–Kier alpha value is -3.08. The van der Waals surface area contributed by atoms with Gasteiger partial charge in [0, 0.05) is 6.07 Å². The molecule has 0 aliphatic rings. The first-order chi connectivity index (χ1) is 11.7. The summed E-state index contributed by atoms with van der Waals surface area (Å²) in [5.74, 6) is 0.989. The molecule has 0 unspecified atom stereocenters. The average molecular weight is 321 g/mol. The number of ether oxygens (including phenoxy) is 1. The van der Waals surface area contributed by atoms with Crippen LogP contribution in [0.5, 0.6) is 5.75 Å². The maximum atomic E-state index is 11.4. The second-order valence-electron chi connectivity index (χ2n) is 5.54. The molecule has 0 bridgehead atoms. The summed E-state index contributed by atoms with van der Waals surface area (Å²) < 4.78 is 5.77. The van der Waals surface area contributed by atoms with Gasteiger partial charge in [-0.25, -0.2) is 4.98 Å². The molecule has 0 aliphatic carbocycles. The SMILES string of the molecule is Nc1nc(CCc2ccc(OCc3ccccc3)cc2)cc(=O)[nH]1. The van der Waals surface area contributed by atoms with Crippen LogP contribution in [0.3, 0.4) is 0 Å². The fourth-order valence-corrected chi connectivity index (χ4v) is 2.42. The van der Waals surface area contributed by atoms with Crippen LogP contribution < -0.4 is 16.0 Å². The Morgan fingerprint density at radius 2 is 1.71 bits per heavy atom. The van der Waals surface area contributed by atoms with Crippen molar-refractivity contribution >= 4 is 5.95 Å². The normalized spacial score (nSPS) is 10.5. The summed E-state index contributed by atoms with van der Waals surface area (Å²) in [6.07, 6.45) is 1.45. The molecule has 0 radical (unpaired) electrons. The molecule has 3 rings (SSSR count). The van der Waals surface area contributed by atoms with Crippen LogP contribution in [0.4, 0.5) is 5.95 Å². The molecule has 0 amide bonds. The number of anilines is 1. The van der Waals surface area contributed by atoms with Crippen molar-refractivity contribution in [2.75, 3.05) is 5.73 Å². The summed E-state index contributed by atoms with van der Waals surface area (Å²) in [7, 11) is 0. The van der Waals surface area contributed by atoms with Crippen LogP contribution in [0, 0.1) is 0 Å². The van der Waals surface area contributed by atoms with Gasteiger partial charge < -0.3 is 10.5 Å². The lowest BCUT2D eigenvalue weighted by Crippen LogP contribution is -2.12. The van der Waals surface area contributed by atoms with Crippen molar-refractivity contribution in [3.8, 4) is 5.75 Å². The van der Waals surface area contributed by atoms with E-state index in [-0.39, 0.29) is 11.5 Å². The quantitative estimate of drug-likeness (QED) is 0.731. The number of nitrogens with zero attached hydrogens (tertiary/aromatic N) is 1. The predicted octanol–water partition coefficient (Wildman–Crippen LogP) is 2.72. The van der Waals surface area contributed by atoms with E-state index in [4.69, 9.17) is 10.5 Å². The molecule has 0 aliphatic heterocycles. The Labute approximate surface area is 140 Å². The van der Waals surface area contributed by atoms with Gasteiger partial charge >= 0.3 is 0 Å². The average Bonchev–Trinajstić information content (AvgIpc) is 2.59. The Balaban J connectivity index is 1.55. The van der Waals surface area contributed by atoms with E-state index in [1.54, 1.807) is 0 Å². The van der Waals surface area contributed by atoms with Crippen molar-refractivity contribution in [2.24, 2.45) is 0 Å². The van der Waals surface area contributed by atoms with Crippen LogP contribution in [0.15, 0.2) is 65.5 Å². The Morgan fingerprint density at radius 1 is 0.958 bits per heavy atom. The van der Waals surface area contributed by atoms with Gasteiger partial charge in [-0.1, -0.05) is 42.5 Å². The van der Waals surface area contributed by atoms with Gasteiger partial charge in [0.1, 0.15) is 12.4 Å². The third-order valence-corrected chi connectivity index (χ3v) is 3.65. The van der Waals surface area contributed by atoms with Crippen molar-refractivity contribution in [3.63, 3.8) is 0 Å². The molecule has 0 atom stereocenters. The fraction of sp³-hybridized carbons (Fsp3) is 0.158. The van der Waals surface area contributed by atoms with Crippen molar-refractivity contribution in [2.45, 2.75) is 19.4 Å². The Bertz CT molecular complexity index is 842. The van der Waals surface area contributed by atoms with Crippen molar-refractivity contribution in [3.05, 3.63) is 87.8 Å². The molecule has 5 nitrogen and oxygen atoms in total. The molecule has 3 aromatic rings. The van der Waals surface area contributed by atoms with Gasteiger partial charge in [0.25, 0.3) is 5.56 Å². The summed E-state index contributed by atoms with van der Waals surface area (Å²) in [6, 6.07) is 19.5.